The van der Waals surface area contributed by atoms with Gasteiger partial charge in [-0.25, -0.2) is 0 Å². The smallest absolute Gasteiger partial charge is 0.0149 e. The molecule has 0 fully saturated rings. The van der Waals surface area contributed by atoms with Crippen LogP contribution < -0.4 is 0 Å². The number of fused-ring (bicyclic) bond motifs is 1. The Morgan fingerprint density at radius 1 is 1.07 bits per heavy atom. The predicted molar refractivity (Wildman–Crippen MR) is 67.0 cm³/mol. The van der Waals surface area contributed by atoms with Crippen LogP contribution in [0.3, 0.4) is 0 Å². The molecular formula is C15H17. The molecule has 0 saturated heterocycles. The van der Waals surface area contributed by atoms with Crippen molar-refractivity contribution in [2.75, 3.05) is 0 Å². The Hall–Kier alpha value is -1.30. The number of rotatable bonds is 3. The van der Waals surface area contributed by atoms with Gasteiger partial charge < -0.3 is 0 Å². The molecule has 0 bridgehead atoms. The minimum absolute atomic E-state index is 0.605. The maximum absolute atomic E-state index is 3.93. The Labute approximate surface area is 91.9 Å². The summed E-state index contributed by atoms with van der Waals surface area (Å²) in [6.07, 6.45) is 2.17. The summed E-state index contributed by atoms with van der Waals surface area (Å²) in [6.45, 7) is 6.22. The van der Waals surface area contributed by atoms with Crippen molar-refractivity contribution >= 4 is 10.8 Å². The molecule has 77 valence electrons. The van der Waals surface area contributed by atoms with Crippen LogP contribution in [-0.4, -0.2) is 0 Å². The van der Waals surface area contributed by atoms with Gasteiger partial charge in [0.25, 0.3) is 0 Å². The third-order valence-electron chi connectivity index (χ3n) is 2.99. The van der Waals surface area contributed by atoms with Gasteiger partial charge in [-0.05, 0) is 28.7 Å². The zero-order chi connectivity index (χ0) is 10.7. The van der Waals surface area contributed by atoms with Gasteiger partial charge in [-0.2, -0.15) is 0 Å². The predicted octanol–water partition coefficient (Wildman–Crippen LogP) is 4.56. The van der Waals surface area contributed by atoms with E-state index < -0.39 is 0 Å². The molecule has 2 rings (SSSR count). The van der Waals surface area contributed by atoms with Gasteiger partial charge in [0, 0.05) is 0 Å². The van der Waals surface area contributed by atoms with Crippen LogP contribution in [0.4, 0.5) is 0 Å². The van der Waals surface area contributed by atoms with Crippen molar-refractivity contribution in [3.05, 3.63) is 55.0 Å². The van der Waals surface area contributed by atoms with Gasteiger partial charge in [-0.15, -0.1) is 0 Å². The molecule has 1 radical (unpaired) electrons. The molecular weight excluding hydrogens is 180 g/mol. The van der Waals surface area contributed by atoms with Crippen molar-refractivity contribution in [2.24, 2.45) is 0 Å². The minimum atomic E-state index is 0.605. The average molecular weight is 197 g/mol. The first-order valence-corrected chi connectivity index (χ1v) is 5.60. The van der Waals surface area contributed by atoms with Crippen LogP contribution >= 0.6 is 0 Å². The van der Waals surface area contributed by atoms with Crippen LogP contribution in [0.5, 0.6) is 0 Å². The molecule has 2 aromatic carbocycles. The van der Waals surface area contributed by atoms with Crippen molar-refractivity contribution in [1.82, 2.24) is 0 Å². The summed E-state index contributed by atoms with van der Waals surface area (Å²) >= 11 is 0. The molecule has 0 heteroatoms. The summed E-state index contributed by atoms with van der Waals surface area (Å²) in [5, 5.41) is 2.73. The molecule has 1 atom stereocenters. The van der Waals surface area contributed by atoms with Crippen LogP contribution in [0.15, 0.2) is 42.5 Å². The lowest BCUT2D eigenvalue weighted by molar-refractivity contribution is 0.694. The molecule has 0 aliphatic heterocycles. The largest absolute Gasteiger partial charge is 0.0616 e. The monoisotopic (exact) mass is 197 g/mol. The molecule has 15 heavy (non-hydrogen) atoms. The van der Waals surface area contributed by atoms with Crippen molar-refractivity contribution < 1.29 is 0 Å². The number of hydrogen-bond acceptors (Lipinski definition) is 0. The molecule has 0 saturated carbocycles. The number of benzene rings is 2. The molecule has 0 aliphatic rings. The zero-order valence-electron chi connectivity index (χ0n) is 9.24. The van der Waals surface area contributed by atoms with Gasteiger partial charge in [0.05, 0.1) is 0 Å². The Morgan fingerprint density at radius 2 is 1.80 bits per heavy atom. The lowest BCUT2D eigenvalue weighted by Gasteiger charge is -2.13. The quantitative estimate of drug-likeness (QED) is 0.676. The molecule has 0 aliphatic carbocycles. The highest BCUT2D eigenvalue weighted by Gasteiger charge is 2.07. The van der Waals surface area contributed by atoms with E-state index in [2.05, 4.69) is 56.3 Å². The van der Waals surface area contributed by atoms with Gasteiger partial charge in [0.15, 0.2) is 0 Å². The maximum Gasteiger partial charge on any atom is -0.0149 e. The van der Waals surface area contributed by atoms with Crippen LogP contribution in [0, 0.1) is 6.92 Å². The SMILES string of the molecule is [CH2]CCC(C)c1cccc2ccccc12. The van der Waals surface area contributed by atoms with E-state index in [9.17, 15) is 0 Å². The third kappa shape index (κ3) is 2.04. The first-order valence-electron chi connectivity index (χ1n) is 5.60. The second-order valence-electron chi connectivity index (χ2n) is 4.11. The van der Waals surface area contributed by atoms with E-state index in [0.29, 0.717) is 5.92 Å². The fraction of sp³-hybridized carbons (Fsp3) is 0.267. The standard InChI is InChI=1S/C15H17/c1-3-7-12(2)14-11-6-9-13-8-4-5-10-15(13)14/h4-6,8-12H,1,3,7H2,2H3. The van der Waals surface area contributed by atoms with Gasteiger partial charge in [-0.3, -0.25) is 0 Å². The molecule has 0 N–H and O–H groups in total. The van der Waals surface area contributed by atoms with E-state index in [4.69, 9.17) is 0 Å². The van der Waals surface area contributed by atoms with Gasteiger partial charge in [0.1, 0.15) is 0 Å². The Morgan fingerprint density at radius 3 is 2.60 bits per heavy atom. The molecule has 0 heterocycles. The van der Waals surface area contributed by atoms with E-state index in [-0.39, 0.29) is 0 Å². The molecule has 2 aromatic rings. The Bertz CT molecular complexity index is 437. The molecule has 0 nitrogen and oxygen atoms in total. The fourth-order valence-electron chi connectivity index (χ4n) is 2.14. The summed E-state index contributed by atoms with van der Waals surface area (Å²) in [5.74, 6) is 0.605. The summed E-state index contributed by atoms with van der Waals surface area (Å²) in [5.41, 5.74) is 1.46. The van der Waals surface area contributed by atoms with Crippen molar-refractivity contribution in [1.29, 1.82) is 0 Å². The van der Waals surface area contributed by atoms with Crippen molar-refractivity contribution in [3.8, 4) is 0 Å². The van der Waals surface area contributed by atoms with E-state index in [1.807, 2.05) is 0 Å². The van der Waals surface area contributed by atoms with Gasteiger partial charge in [0.2, 0.25) is 0 Å². The van der Waals surface area contributed by atoms with Crippen molar-refractivity contribution in [3.63, 3.8) is 0 Å². The van der Waals surface area contributed by atoms with Crippen LogP contribution in [0.1, 0.15) is 31.2 Å². The molecule has 1 unspecified atom stereocenters. The summed E-state index contributed by atoms with van der Waals surface area (Å²) in [7, 11) is 0. The zero-order valence-corrected chi connectivity index (χ0v) is 9.24. The fourth-order valence-corrected chi connectivity index (χ4v) is 2.14. The van der Waals surface area contributed by atoms with Gasteiger partial charge >= 0.3 is 0 Å². The average Bonchev–Trinajstić information content (AvgIpc) is 2.28. The molecule has 0 spiro atoms. The molecule has 0 amide bonds. The topological polar surface area (TPSA) is 0 Å². The maximum atomic E-state index is 3.93. The Balaban J connectivity index is 2.50. The minimum Gasteiger partial charge on any atom is -0.0616 e. The second kappa shape index (κ2) is 4.48. The highest BCUT2D eigenvalue weighted by atomic mass is 14.1. The first kappa shape index (κ1) is 10.2. The third-order valence-corrected chi connectivity index (χ3v) is 2.99. The normalized spacial score (nSPS) is 12.9. The molecule has 0 aromatic heterocycles. The van der Waals surface area contributed by atoms with E-state index in [1.54, 1.807) is 0 Å². The summed E-state index contributed by atoms with van der Waals surface area (Å²) in [6, 6.07) is 15.2. The number of hydrogen-bond donors (Lipinski definition) is 0. The second-order valence-corrected chi connectivity index (χ2v) is 4.11. The van der Waals surface area contributed by atoms with Crippen LogP contribution in [0.25, 0.3) is 10.8 Å². The van der Waals surface area contributed by atoms with Crippen molar-refractivity contribution in [2.45, 2.75) is 25.7 Å². The first-order chi connectivity index (χ1) is 7.33. The summed E-state index contributed by atoms with van der Waals surface area (Å²) < 4.78 is 0. The van der Waals surface area contributed by atoms with Crippen LogP contribution in [0.2, 0.25) is 0 Å². The summed E-state index contributed by atoms with van der Waals surface area (Å²) in [4.78, 5) is 0. The van der Waals surface area contributed by atoms with Gasteiger partial charge in [-0.1, -0.05) is 62.7 Å². The van der Waals surface area contributed by atoms with E-state index in [0.717, 1.165) is 12.8 Å². The van der Waals surface area contributed by atoms with E-state index in [1.165, 1.54) is 16.3 Å². The lowest BCUT2D eigenvalue weighted by atomic mass is 9.92. The van der Waals surface area contributed by atoms with E-state index >= 15 is 0 Å². The highest BCUT2D eigenvalue weighted by Crippen LogP contribution is 2.27. The highest BCUT2D eigenvalue weighted by molar-refractivity contribution is 5.86. The lowest BCUT2D eigenvalue weighted by Crippen LogP contribution is -1.93. The van der Waals surface area contributed by atoms with Crippen LogP contribution in [-0.2, 0) is 0 Å². The Kier molecular flexibility index (Phi) is 3.05.